The van der Waals surface area contributed by atoms with E-state index in [0.29, 0.717) is 5.82 Å². The SMILES string of the molecule is CCCn1nc(C)c(-c2cnc(N)cc2C)c1C. The normalized spacial score (nSPS) is 10.9. The molecular formula is C14H20N4. The van der Waals surface area contributed by atoms with Crippen LogP contribution in [0.4, 0.5) is 5.82 Å². The van der Waals surface area contributed by atoms with Crippen LogP contribution in [-0.2, 0) is 6.54 Å². The smallest absolute Gasteiger partial charge is 0.123 e. The Morgan fingerprint density at radius 1 is 1.28 bits per heavy atom. The van der Waals surface area contributed by atoms with Gasteiger partial charge in [-0.25, -0.2) is 4.98 Å². The first-order valence-electron chi connectivity index (χ1n) is 6.31. The van der Waals surface area contributed by atoms with Crippen molar-refractivity contribution in [3.63, 3.8) is 0 Å². The third-order valence-corrected chi connectivity index (χ3v) is 3.22. The van der Waals surface area contributed by atoms with Gasteiger partial charge in [-0.1, -0.05) is 6.92 Å². The number of nitrogens with zero attached hydrogens (tertiary/aromatic N) is 3. The van der Waals surface area contributed by atoms with Crippen molar-refractivity contribution in [1.82, 2.24) is 14.8 Å². The third kappa shape index (κ3) is 2.10. The van der Waals surface area contributed by atoms with E-state index in [1.54, 1.807) is 0 Å². The lowest BCUT2D eigenvalue weighted by molar-refractivity contribution is 0.583. The van der Waals surface area contributed by atoms with E-state index in [9.17, 15) is 0 Å². The molecule has 2 N–H and O–H groups in total. The molecule has 0 saturated heterocycles. The van der Waals surface area contributed by atoms with Gasteiger partial charge in [0.1, 0.15) is 5.82 Å². The molecule has 4 nitrogen and oxygen atoms in total. The summed E-state index contributed by atoms with van der Waals surface area (Å²) in [6.45, 7) is 9.33. The highest BCUT2D eigenvalue weighted by atomic mass is 15.3. The Morgan fingerprint density at radius 3 is 2.61 bits per heavy atom. The predicted molar refractivity (Wildman–Crippen MR) is 74.4 cm³/mol. The number of aryl methyl sites for hydroxylation is 3. The number of hydrogen-bond donors (Lipinski definition) is 1. The fourth-order valence-electron chi connectivity index (χ4n) is 2.36. The van der Waals surface area contributed by atoms with Gasteiger partial charge in [0.15, 0.2) is 0 Å². The summed E-state index contributed by atoms with van der Waals surface area (Å²) in [5.41, 5.74) is 11.4. The van der Waals surface area contributed by atoms with E-state index >= 15 is 0 Å². The van der Waals surface area contributed by atoms with Gasteiger partial charge in [-0.15, -0.1) is 0 Å². The Morgan fingerprint density at radius 2 is 2.00 bits per heavy atom. The minimum atomic E-state index is 0.563. The number of nitrogens with two attached hydrogens (primary N) is 1. The largest absolute Gasteiger partial charge is 0.384 e. The van der Waals surface area contributed by atoms with Crippen molar-refractivity contribution in [2.75, 3.05) is 5.73 Å². The van der Waals surface area contributed by atoms with Gasteiger partial charge < -0.3 is 5.73 Å². The van der Waals surface area contributed by atoms with E-state index in [0.717, 1.165) is 29.8 Å². The zero-order chi connectivity index (χ0) is 13.3. The molecule has 0 amide bonds. The van der Waals surface area contributed by atoms with Crippen molar-refractivity contribution in [3.05, 3.63) is 29.2 Å². The average Bonchev–Trinajstić information content (AvgIpc) is 2.56. The van der Waals surface area contributed by atoms with Crippen LogP contribution in [0.25, 0.3) is 11.1 Å². The third-order valence-electron chi connectivity index (χ3n) is 3.22. The maximum Gasteiger partial charge on any atom is 0.123 e. The summed E-state index contributed by atoms with van der Waals surface area (Å²) in [5.74, 6) is 0.563. The Kier molecular flexibility index (Phi) is 3.36. The first-order valence-corrected chi connectivity index (χ1v) is 6.31. The summed E-state index contributed by atoms with van der Waals surface area (Å²) in [7, 11) is 0. The average molecular weight is 244 g/mol. The van der Waals surface area contributed by atoms with E-state index in [1.807, 2.05) is 19.2 Å². The minimum absolute atomic E-state index is 0.563. The van der Waals surface area contributed by atoms with Gasteiger partial charge in [-0.2, -0.15) is 5.10 Å². The molecule has 0 aromatic carbocycles. The quantitative estimate of drug-likeness (QED) is 0.903. The van der Waals surface area contributed by atoms with Crippen LogP contribution in [0.1, 0.15) is 30.3 Å². The summed E-state index contributed by atoms with van der Waals surface area (Å²) in [6.07, 6.45) is 2.93. The molecule has 2 rings (SSSR count). The topological polar surface area (TPSA) is 56.7 Å². The zero-order valence-electron chi connectivity index (χ0n) is 11.5. The number of rotatable bonds is 3. The van der Waals surface area contributed by atoms with E-state index in [2.05, 4.69) is 35.5 Å². The monoisotopic (exact) mass is 244 g/mol. The fraction of sp³-hybridized carbons (Fsp3) is 0.429. The predicted octanol–water partition coefficient (Wildman–Crippen LogP) is 2.86. The molecule has 0 aliphatic carbocycles. The van der Waals surface area contributed by atoms with Crippen molar-refractivity contribution in [3.8, 4) is 11.1 Å². The Bertz CT molecular complexity index is 569. The molecule has 2 aromatic rings. The summed E-state index contributed by atoms with van der Waals surface area (Å²) >= 11 is 0. The van der Waals surface area contributed by atoms with E-state index in [-0.39, 0.29) is 0 Å². The molecule has 0 radical (unpaired) electrons. The second kappa shape index (κ2) is 4.80. The highest BCUT2D eigenvalue weighted by Gasteiger charge is 2.15. The minimum Gasteiger partial charge on any atom is -0.384 e. The lowest BCUT2D eigenvalue weighted by Gasteiger charge is -2.07. The van der Waals surface area contributed by atoms with Gasteiger partial charge in [0.05, 0.1) is 5.69 Å². The van der Waals surface area contributed by atoms with Gasteiger partial charge in [-0.05, 0) is 38.8 Å². The molecule has 0 aliphatic rings. The fourth-order valence-corrected chi connectivity index (χ4v) is 2.36. The van der Waals surface area contributed by atoms with Crippen molar-refractivity contribution >= 4 is 5.82 Å². The van der Waals surface area contributed by atoms with Crippen LogP contribution < -0.4 is 5.73 Å². The standard InChI is InChI=1S/C14H20N4/c1-5-6-18-11(4)14(10(3)17-18)12-8-16-13(15)7-9(12)2/h7-8H,5-6H2,1-4H3,(H2,15,16). The van der Waals surface area contributed by atoms with Gasteiger partial charge in [0.2, 0.25) is 0 Å². The van der Waals surface area contributed by atoms with Crippen LogP contribution in [0.5, 0.6) is 0 Å². The molecule has 0 bridgehead atoms. The first-order chi connectivity index (χ1) is 8.54. The molecule has 0 saturated carbocycles. The molecule has 2 heterocycles. The first kappa shape index (κ1) is 12.6. The summed E-state index contributed by atoms with van der Waals surface area (Å²) in [6, 6.07) is 1.91. The molecule has 0 fully saturated rings. The Balaban J connectivity index is 2.56. The van der Waals surface area contributed by atoms with Gasteiger partial charge in [0.25, 0.3) is 0 Å². The van der Waals surface area contributed by atoms with Crippen LogP contribution in [0.15, 0.2) is 12.3 Å². The van der Waals surface area contributed by atoms with Crippen molar-refractivity contribution in [2.24, 2.45) is 0 Å². The van der Waals surface area contributed by atoms with Crippen LogP contribution in [-0.4, -0.2) is 14.8 Å². The van der Waals surface area contributed by atoms with Crippen molar-refractivity contribution in [1.29, 1.82) is 0 Å². The number of anilines is 1. The maximum absolute atomic E-state index is 5.70. The maximum atomic E-state index is 5.70. The molecule has 2 aromatic heterocycles. The summed E-state index contributed by atoms with van der Waals surface area (Å²) in [4.78, 5) is 4.19. The van der Waals surface area contributed by atoms with Gasteiger partial charge in [0, 0.05) is 29.6 Å². The Hall–Kier alpha value is -1.84. The van der Waals surface area contributed by atoms with E-state index in [4.69, 9.17) is 5.73 Å². The second-order valence-corrected chi connectivity index (χ2v) is 4.69. The van der Waals surface area contributed by atoms with Crippen molar-refractivity contribution in [2.45, 2.75) is 40.7 Å². The molecule has 96 valence electrons. The summed E-state index contributed by atoms with van der Waals surface area (Å²) in [5, 5.41) is 4.60. The zero-order valence-corrected chi connectivity index (χ0v) is 11.5. The highest BCUT2D eigenvalue weighted by molar-refractivity contribution is 5.71. The van der Waals surface area contributed by atoms with Gasteiger partial charge in [-0.3, -0.25) is 4.68 Å². The second-order valence-electron chi connectivity index (χ2n) is 4.69. The lowest BCUT2D eigenvalue weighted by atomic mass is 10.0. The molecule has 0 atom stereocenters. The molecule has 4 heteroatoms. The lowest BCUT2D eigenvalue weighted by Crippen LogP contribution is -2.01. The van der Waals surface area contributed by atoms with Crippen LogP contribution in [0, 0.1) is 20.8 Å². The van der Waals surface area contributed by atoms with Gasteiger partial charge >= 0.3 is 0 Å². The molecule has 0 spiro atoms. The Labute approximate surface area is 108 Å². The van der Waals surface area contributed by atoms with Crippen LogP contribution >= 0.6 is 0 Å². The molecular weight excluding hydrogens is 224 g/mol. The highest BCUT2D eigenvalue weighted by Crippen LogP contribution is 2.29. The van der Waals surface area contributed by atoms with Crippen LogP contribution in [0.2, 0.25) is 0 Å². The van der Waals surface area contributed by atoms with E-state index < -0.39 is 0 Å². The summed E-state index contributed by atoms with van der Waals surface area (Å²) < 4.78 is 2.07. The number of aromatic nitrogens is 3. The van der Waals surface area contributed by atoms with Crippen LogP contribution in [0.3, 0.4) is 0 Å². The van der Waals surface area contributed by atoms with Crippen molar-refractivity contribution < 1.29 is 0 Å². The number of nitrogen functional groups attached to an aromatic ring is 1. The number of hydrogen-bond acceptors (Lipinski definition) is 3. The van der Waals surface area contributed by atoms with E-state index in [1.165, 1.54) is 11.3 Å². The molecule has 18 heavy (non-hydrogen) atoms. The number of pyridine rings is 1. The molecule has 0 aliphatic heterocycles. The molecule has 0 unspecified atom stereocenters.